The average molecular weight is 343 g/mol. The summed E-state index contributed by atoms with van der Waals surface area (Å²) in [6.07, 6.45) is 3.09. The highest BCUT2D eigenvalue weighted by Crippen LogP contribution is 2.20. The lowest BCUT2D eigenvalue weighted by molar-refractivity contribution is -0.131. The molecule has 0 aliphatic rings. The van der Waals surface area contributed by atoms with Gasteiger partial charge in [0, 0.05) is 13.1 Å². The topological polar surface area (TPSA) is 49.4 Å². The van der Waals surface area contributed by atoms with Gasteiger partial charge in [0.15, 0.2) is 11.6 Å². The monoisotopic (exact) mass is 342 g/mol. The van der Waals surface area contributed by atoms with Crippen LogP contribution in [0, 0.1) is 11.6 Å². The molecule has 0 bridgehead atoms. The number of carbonyl (C=O) groups is 2. The van der Waals surface area contributed by atoms with Gasteiger partial charge in [-0.25, -0.2) is 8.78 Å². The van der Waals surface area contributed by atoms with E-state index >= 15 is 0 Å². The molecule has 0 aliphatic heterocycles. The van der Waals surface area contributed by atoms with Crippen LogP contribution in [-0.4, -0.2) is 35.8 Å². The quantitative estimate of drug-likeness (QED) is 0.612. The lowest BCUT2D eigenvalue weighted by atomic mass is 10.1. The minimum absolute atomic E-state index is 0.241. The fourth-order valence-corrected chi connectivity index (χ4v) is 2.11. The molecule has 1 unspecified atom stereocenters. The van der Waals surface area contributed by atoms with Gasteiger partial charge in [-0.15, -0.1) is 13.2 Å². The molecule has 0 radical (unpaired) electrons. The Bertz CT molecular complexity index is 625. The van der Waals surface area contributed by atoms with Gasteiger partial charge in [0.1, 0.15) is 6.04 Å². The molecular weight excluding hydrogens is 326 g/mol. The molecule has 0 aliphatic carbocycles. The highest BCUT2D eigenvalue weighted by Gasteiger charge is 2.23. The summed E-state index contributed by atoms with van der Waals surface area (Å²) >= 11 is 5.73. The summed E-state index contributed by atoms with van der Waals surface area (Å²) < 4.78 is 26.3. The zero-order chi connectivity index (χ0) is 17.6. The van der Waals surface area contributed by atoms with Crippen LogP contribution in [-0.2, 0) is 4.79 Å². The Hall–Kier alpha value is -2.21. The number of hydrogen-bond acceptors (Lipinski definition) is 2. The molecule has 0 fully saturated rings. The van der Waals surface area contributed by atoms with Crippen LogP contribution in [0.5, 0.6) is 0 Å². The summed E-state index contributed by atoms with van der Waals surface area (Å²) in [7, 11) is 0. The van der Waals surface area contributed by atoms with E-state index in [0.717, 1.165) is 0 Å². The van der Waals surface area contributed by atoms with Crippen molar-refractivity contribution >= 4 is 23.4 Å². The smallest absolute Gasteiger partial charge is 0.253 e. The highest BCUT2D eigenvalue weighted by molar-refractivity contribution is 6.33. The number of amides is 2. The lowest BCUT2D eigenvalue weighted by Crippen LogP contribution is -2.47. The molecule has 2 amide bonds. The second kappa shape index (κ2) is 8.43. The lowest BCUT2D eigenvalue weighted by Gasteiger charge is -2.24. The van der Waals surface area contributed by atoms with E-state index in [4.69, 9.17) is 11.6 Å². The molecule has 1 aromatic carbocycles. The third-order valence-electron chi connectivity index (χ3n) is 2.98. The Morgan fingerprint density at radius 3 is 2.30 bits per heavy atom. The van der Waals surface area contributed by atoms with E-state index in [2.05, 4.69) is 18.5 Å². The summed E-state index contributed by atoms with van der Waals surface area (Å²) in [6.45, 7) is 9.16. The van der Waals surface area contributed by atoms with E-state index in [1.54, 1.807) is 12.2 Å². The largest absolute Gasteiger partial charge is 0.340 e. The molecule has 4 nitrogen and oxygen atoms in total. The second-order valence-corrected chi connectivity index (χ2v) is 5.17. The normalized spacial score (nSPS) is 11.5. The minimum atomic E-state index is -1.20. The predicted octanol–water partition coefficient (Wildman–Crippen LogP) is 2.94. The second-order valence-electron chi connectivity index (χ2n) is 4.76. The molecule has 0 aromatic heterocycles. The first-order valence-corrected chi connectivity index (χ1v) is 7.15. The maximum Gasteiger partial charge on any atom is 0.253 e. The van der Waals surface area contributed by atoms with Crippen molar-refractivity contribution in [1.82, 2.24) is 10.2 Å². The number of carbonyl (C=O) groups excluding carboxylic acids is 2. The van der Waals surface area contributed by atoms with Crippen molar-refractivity contribution in [3.8, 4) is 0 Å². The maximum atomic E-state index is 13.2. The minimum Gasteiger partial charge on any atom is -0.340 e. The van der Waals surface area contributed by atoms with Crippen LogP contribution >= 0.6 is 11.6 Å². The van der Waals surface area contributed by atoms with Crippen LogP contribution in [0.4, 0.5) is 8.78 Å². The zero-order valence-electron chi connectivity index (χ0n) is 12.6. The van der Waals surface area contributed by atoms with Crippen molar-refractivity contribution in [2.24, 2.45) is 0 Å². The van der Waals surface area contributed by atoms with Crippen LogP contribution < -0.4 is 5.32 Å². The summed E-state index contributed by atoms with van der Waals surface area (Å²) in [6, 6.07) is 0.515. The van der Waals surface area contributed by atoms with Crippen molar-refractivity contribution < 1.29 is 18.4 Å². The van der Waals surface area contributed by atoms with Gasteiger partial charge < -0.3 is 10.2 Å². The molecule has 7 heteroatoms. The number of rotatable bonds is 7. The van der Waals surface area contributed by atoms with Crippen LogP contribution in [0.2, 0.25) is 5.02 Å². The number of nitrogens with zero attached hydrogens (tertiary/aromatic N) is 1. The highest BCUT2D eigenvalue weighted by atomic mass is 35.5. The molecule has 0 saturated carbocycles. The molecule has 1 aromatic rings. The third-order valence-corrected chi connectivity index (χ3v) is 3.30. The van der Waals surface area contributed by atoms with Crippen molar-refractivity contribution in [3.63, 3.8) is 0 Å². The summed E-state index contributed by atoms with van der Waals surface area (Å²) in [4.78, 5) is 25.8. The molecule has 124 valence electrons. The number of halogens is 3. The van der Waals surface area contributed by atoms with Gasteiger partial charge in [0.05, 0.1) is 10.6 Å². The van der Waals surface area contributed by atoms with E-state index in [-0.39, 0.29) is 29.6 Å². The Kier molecular flexibility index (Phi) is 6.90. The van der Waals surface area contributed by atoms with Gasteiger partial charge in [-0.05, 0) is 19.1 Å². The van der Waals surface area contributed by atoms with Crippen molar-refractivity contribution in [3.05, 3.63) is 59.7 Å². The van der Waals surface area contributed by atoms with Crippen LogP contribution in [0.15, 0.2) is 37.4 Å². The summed E-state index contributed by atoms with van der Waals surface area (Å²) in [5.41, 5.74) is -0.246. The van der Waals surface area contributed by atoms with Crippen molar-refractivity contribution in [2.75, 3.05) is 13.1 Å². The van der Waals surface area contributed by atoms with Crippen LogP contribution in [0.25, 0.3) is 0 Å². The first-order chi connectivity index (χ1) is 10.8. The molecule has 1 N–H and O–H groups in total. The molecule has 0 heterocycles. The molecular formula is C16H17ClF2N2O2. The number of benzene rings is 1. The Balaban J connectivity index is 2.87. The van der Waals surface area contributed by atoms with Gasteiger partial charge in [0.2, 0.25) is 5.91 Å². The first-order valence-electron chi connectivity index (χ1n) is 6.77. The molecule has 0 saturated heterocycles. The first kappa shape index (κ1) is 18.8. The third kappa shape index (κ3) is 4.89. The predicted molar refractivity (Wildman–Crippen MR) is 85.3 cm³/mol. The number of nitrogens with one attached hydrogen (secondary N) is 1. The average Bonchev–Trinajstić information content (AvgIpc) is 2.49. The van der Waals surface area contributed by atoms with E-state index in [0.29, 0.717) is 12.1 Å². The molecule has 23 heavy (non-hydrogen) atoms. The van der Waals surface area contributed by atoms with Crippen molar-refractivity contribution in [1.29, 1.82) is 0 Å². The van der Waals surface area contributed by atoms with Crippen molar-refractivity contribution in [2.45, 2.75) is 13.0 Å². The van der Waals surface area contributed by atoms with E-state index in [1.807, 2.05) is 0 Å². The number of hydrogen-bond donors (Lipinski definition) is 1. The zero-order valence-corrected chi connectivity index (χ0v) is 13.4. The molecule has 1 rings (SSSR count). The maximum absolute atomic E-state index is 13.2. The van der Waals surface area contributed by atoms with E-state index in [1.165, 1.54) is 11.8 Å². The summed E-state index contributed by atoms with van der Waals surface area (Å²) in [5, 5.41) is 2.17. The van der Waals surface area contributed by atoms with Gasteiger partial charge in [0.25, 0.3) is 5.91 Å². The van der Waals surface area contributed by atoms with Gasteiger partial charge in [-0.3, -0.25) is 9.59 Å². The fraction of sp³-hybridized carbons (Fsp3) is 0.250. The Morgan fingerprint density at radius 2 is 1.78 bits per heavy atom. The fourth-order valence-electron chi connectivity index (χ4n) is 1.87. The van der Waals surface area contributed by atoms with Gasteiger partial charge >= 0.3 is 0 Å². The van der Waals surface area contributed by atoms with E-state index < -0.39 is 23.6 Å². The standard InChI is InChI=1S/C16H17ClF2N2O2/c1-4-6-21(7-5-2)16(23)10(3)20-15(22)11-8-13(18)14(19)9-12(11)17/h4-5,8-10H,1-2,6-7H2,3H3,(H,20,22). The van der Waals surface area contributed by atoms with Gasteiger partial charge in [-0.1, -0.05) is 23.8 Å². The SMILES string of the molecule is C=CCN(CC=C)C(=O)C(C)NC(=O)c1cc(F)c(F)cc1Cl. The van der Waals surface area contributed by atoms with Crippen LogP contribution in [0.1, 0.15) is 17.3 Å². The molecule has 0 spiro atoms. The molecule has 1 atom stereocenters. The van der Waals surface area contributed by atoms with Gasteiger partial charge in [-0.2, -0.15) is 0 Å². The summed E-state index contributed by atoms with van der Waals surface area (Å²) in [5.74, 6) is -3.49. The van der Waals surface area contributed by atoms with Crippen LogP contribution in [0.3, 0.4) is 0 Å². The van der Waals surface area contributed by atoms with E-state index in [9.17, 15) is 18.4 Å². The Morgan fingerprint density at radius 1 is 1.26 bits per heavy atom. The Labute approximate surface area is 138 Å².